The highest BCUT2D eigenvalue weighted by Gasteiger charge is 2.32. The third-order valence-corrected chi connectivity index (χ3v) is 6.63. The molecule has 0 unspecified atom stereocenters. The number of rotatable bonds is 4. The first kappa shape index (κ1) is 23.0. The van der Waals surface area contributed by atoms with Gasteiger partial charge in [-0.25, -0.2) is 0 Å². The number of nitrogens with one attached hydrogen (secondary N) is 1. The second-order valence-electron chi connectivity index (χ2n) is 7.56. The van der Waals surface area contributed by atoms with Crippen molar-refractivity contribution < 1.29 is 27.5 Å². The molecular formula is C24H21F3N2O3S. The number of ether oxygens (including phenoxy) is 1. The first-order valence-electron chi connectivity index (χ1n) is 10.3. The fourth-order valence-corrected chi connectivity index (χ4v) is 4.86. The zero-order valence-corrected chi connectivity index (χ0v) is 18.6. The standard InChI is InChI=1S/C24H21F3N2O3S/c1-15-19(23(31)29-10-12-32-13-11-29)22(33-20(15)16-6-3-2-4-7-16)28-21(30)17-8-5-9-18(14-17)24(25,26)27/h2-9,14H,10-13H2,1H3,(H,28,30). The Kier molecular flexibility index (Phi) is 6.53. The molecule has 1 N–H and O–H groups in total. The molecule has 5 nitrogen and oxygen atoms in total. The van der Waals surface area contributed by atoms with Crippen molar-refractivity contribution in [2.24, 2.45) is 0 Å². The lowest BCUT2D eigenvalue weighted by Crippen LogP contribution is -2.41. The Hall–Kier alpha value is -3.17. The average Bonchev–Trinajstić information content (AvgIpc) is 3.14. The third-order valence-electron chi connectivity index (χ3n) is 5.37. The van der Waals surface area contributed by atoms with Gasteiger partial charge in [-0.3, -0.25) is 9.59 Å². The summed E-state index contributed by atoms with van der Waals surface area (Å²) in [7, 11) is 0. The zero-order chi connectivity index (χ0) is 23.6. The van der Waals surface area contributed by atoms with Gasteiger partial charge >= 0.3 is 6.18 Å². The van der Waals surface area contributed by atoms with E-state index in [-0.39, 0.29) is 11.5 Å². The van der Waals surface area contributed by atoms with Crippen molar-refractivity contribution in [2.45, 2.75) is 13.1 Å². The minimum absolute atomic E-state index is 0.137. The van der Waals surface area contributed by atoms with Gasteiger partial charge in [0.25, 0.3) is 11.8 Å². The monoisotopic (exact) mass is 474 g/mol. The molecule has 0 spiro atoms. The number of anilines is 1. The summed E-state index contributed by atoms with van der Waals surface area (Å²) in [4.78, 5) is 28.7. The van der Waals surface area contributed by atoms with Gasteiger partial charge in [0.2, 0.25) is 0 Å². The fourth-order valence-electron chi connectivity index (χ4n) is 3.66. The van der Waals surface area contributed by atoms with Crippen molar-refractivity contribution in [1.29, 1.82) is 0 Å². The van der Waals surface area contributed by atoms with Crippen LogP contribution in [0.5, 0.6) is 0 Å². The molecule has 172 valence electrons. The molecule has 1 aromatic heterocycles. The van der Waals surface area contributed by atoms with E-state index < -0.39 is 17.6 Å². The number of halogens is 3. The van der Waals surface area contributed by atoms with Gasteiger partial charge in [-0.05, 0) is 36.2 Å². The van der Waals surface area contributed by atoms with Gasteiger partial charge in [-0.2, -0.15) is 13.2 Å². The van der Waals surface area contributed by atoms with E-state index in [2.05, 4.69) is 5.32 Å². The highest BCUT2D eigenvalue weighted by atomic mass is 32.1. The Morgan fingerprint density at radius 1 is 1.03 bits per heavy atom. The second-order valence-corrected chi connectivity index (χ2v) is 8.58. The van der Waals surface area contributed by atoms with Crippen molar-refractivity contribution in [3.8, 4) is 10.4 Å². The smallest absolute Gasteiger partial charge is 0.378 e. The lowest BCUT2D eigenvalue weighted by molar-refractivity contribution is -0.137. The Morgan fingerprint density at radius 2 is 1.73 bits per heavy atom. The Morgan fingerprint density at radius 3 is 2.39 bits per heavy atom. The van der Waals surface area contributed by atoms with Gasteiger partial charge in [0.15, 0.2) is 0 Å². The van der Waals surface area contributed by atoms with E-state index in [0.717, 1.165) is 22.6 Å². The quantitative estimate of drug-likeness (QED) is 0.546. The van der Waals surface area contributed by atoms with E-state index in [1.54, 1.807) is 4.90 Å². The van der Waals surface area contributed by atoms with E-state index in [9.17, 15) is 22.8 Å². The first-order valence-corrected chi connectivity index (χ1v) is 11.1. The number of carbonyl (C=O) groups excluding carboxylic acids is 2. The summed E-state index contributed by atoms with van der Waals surface area (Å²) < 4.78 is 44.6. The van der Waals surface area contributed by atoms with Crippen LogP contribution >= 0.6 is 11.3 Å². The number of thiophene rings is 1. The van der Waals surface area contributed by atoms with Gasteiger partial charge in [-0.15, -0.1) is 11.3 Å². The Labute approximate surface area is 192 Å². The second kappa shape index (κ2) is 9.36. The van der Waals surface area contributed by atoms with E-state index in [4.69, 9.17) is 4.74 Å². The normalized spacial score (nSPS) is 14.2. The number of alkyl halides is 3. The molecule has 1 aliphatic rings. The van der Waals surface area contributed by atoms with E-state index in [1.165, 1.54) is 23.5 Å². The van der Waals surface area contributed by atoms with Gasteiger partial charge in [0.05, 0.1) is 24.3 Å². The number of carbonyl (C=O) groups is 2. The number of hydrogen-bond acceptors (Lipinski definition) is 4. The lowest BCUT2D eigenvalue weighted by Gasteiger charge is -2.27. The summed E-state index contributed by atoms with van der Waals surface area (Å²) in [5, 5.41) is 3.00. The lowest BCUT2D eigenvalue weighted by atomic mass is 10.1. The van der Waals surface area contributed by atoms with Crippen molar-refractivity contribution in [3.63, 3.8) is 0 Å². The molecule has 0 atom stereocenters. The molecule has 33 heavy (non-hydrogen) atoms. The van der Waals surface area contributed by atoms with Crippen molar-refractivity contribution in [2.75, 3.05) is 31.6 Å². The molecule has 3 aromatic rings. The highest BCUT2D eigenvalue weighted by molar-refractivity contribution is 7.20. The van der Waals surface area contributed by atoms with Gasteiger partial charge in [0.1, 0.15) is 5.00 Å². The maximum Gasteiger partial charge on any atom is 0.416 e. The van der Waals surface area contributed by atoms with E-state index in [0.29, 0.717) is 42.4 Å². The van der Waals surface area contributed by atoms with Crippen LogP contribution in [0.25, 0.3) is 10.4 Å². The minimum atomic E-state index is -4.56. The topological polar surface area (TPSA) is 58.6 Å². The third kappa shape index (κ3) is 4.94. The van der Waals surface area contributed by atoms with Gasteiger partial charge in [0, 0.05) is 23.5 Å². The summed E-state index contributed by atoms with van der Waals surface area (Å²) >= 11 is 1.23. The Balaban J connectivity index is 1.72. The first-order chi connectivity index (χ1) is 15.8. The largest absolute Gasteiger partial charge is 0.416 e. The van der Waals surface area contributed by atoms with E-state index >= 15 is 0 Å². The summed E-state index contributed by atoms with van der Waals surface area (Å²) in [5.74, 6) is -0.952. The average molecular weight is 475 g/mol. The van der Waals surface area contributed by atoms with Crippen LogP contribution in [-0.2, 0) is 10.9 Å². The summed E-state index contributed by atoms with van der Waals surface area (Å²) in [6, 6.07) is 13.6. The summed E-state index contributed by atoms with van der Waals surface area (Å²) in [6.45, 7) is 3.51. The molecule has 0 bridgehead atoms. The fraction of sp³-hybridized carbons (Fsp3) is 0.250. The van der Waals surface area contributed by atoms with Crippen molar-refractivity contribution in [1.82, 2.24) is 4.90 Å². The SMILES string of the molecule is Cc1c(-c2ccccc2)sc(NC(=O)c2cccc(C(F)(F)F)c2)c1C(=O)N1CCOCC1. The Bertz CT molecular complexity index is 1170. The van der Waals surface area contributed by atoms with Crippen LogP contribution < -0.4 is 5.32 Å². The molecule has 0 aliphatic carbocycles. The zero-order valence-electron chi connectivity index (χ0n) is 17.7. The molecule has 9 heteroatoms. The molecule has 1 saturated heterocycles. The number of benzene rings is 2. The molecule has 2 amide bonds. The van der Waals surface area contributed by atoms with Crippen LogP contribution in [0, 0.1) is 6.92 Å². The van der Waals surface area contributed by atoms with Crippen LogP contribution in [0.15, 0.2) is 54.6 Å². The van der Waals surface area contributed by atoms with E-state index in [1.807, 2.05) is 37.3 Å². The van der Waals surface area contributed by atoms with Crippen LogP contribution in [0.4, 0.5) is 18.2 Å². The van der Waals surface area contributed by atoms with Crippen molar-refractivity contribution in [3.05, 3.63) is 76.9 Å². The summed E-state index contributed by atoms with van der Waals surface area (Å²) in [5.41, 5.74) is 0.896. The molecule has 2 aromatic carbocycles. The predicted molar refractivity (Wildman–Crippen MR) is 121 cm³/mol. The van der Waals surface area contributed by atoms with Gasteiger partial charge in [-0.1, -0.05) is 36.4 Å². The molecule has 4 rings (SSSR count). The molecular weight excluding hydrogens is 453 g/mol. The number of amides is 2. The van der Waals surface area contributed by atoms with Gasteiger partial charge < -0.3 is 15.0 Å². The molecule has 0 radical (unpaired) electrons. The maximum atomic E-state index is 13.4. The number of morpholine rings is 1. The molecule has 1 fully saturated rings. The van der Waals surface area contributed by atoms with Crippen molar-refractivity contribution >= 4 is 28.2 Å². The van der Waals surface area contributed by atoms with Crippen LogP contribution in [0.1, 0.15) is 31.8 Å². The van der Waals surface area contributed by atoms with Crippen LogP contribution in [0.3, 0.4) is 0 Å². The molecule has 1 aliphatic heterocycles. The highest BCUT2D eigenvalue weighted by Crippen LogP contribution is 2.41. The molecule has 0 saturated carbocycles. The number of nitrogens with zero attached hydrogens (tertiary/aromatic N) is 1. The van der Waals surface area contributed by atoms with Crippen LogP contribution in [0.2, 0.25) is 0 Å². The number of hydrogen-bond donors (Lipinski definition) is 1. The maximum absolute atomic E-state index is 13.4. The minimum Gasteiger partial charge on any atom is -0.378 e. The predicted octanol–water partition coefficient (Wildman–Crippen LogP) is 5.47. The van der Waals surface area contributed by atoms with Crippen LogP contribution in [-0.4, -0.2) is 43.0 Å². The molecule has 2 heterocycles. The summed E-state index contributed by atoms with van der Waals surface area (Å²) in [6.07, 6.45) is -4.56.